The predicted molar refractivity (Wildman–Crippen MR) is 196 cm³/mol. The largest absolute Gasteiger partial charge is 0.462 e. The average Bonchev–Trinajstić information content (AvgIpc) is 3.06. The second kappa shape index (κ2) is 31.9. The van der Waals surface area contributed by atoms with E-state index in [1.165, 1.54) is 96.3 Å². The van der Waals surface area contributed by atoms with Crippen LogP contribution in [0.4, 0.5) is 0 Å². The lowest BCUT2D eigenvalue weighted by Gasteiger charge is -2.24. The maximum Gasteiger partial charge on any atom is 0.317 e. The number of carbonyl (C=O) groups is 3. The zero-order valence-corrected chi connectivity index (χ0v) is 30.5. The minimum Gasteiger partial charge on any atom is -0.462 e. The molecule has 4 nitrogen and oxygen atoms in total. The summed E-state index contributed by atoms with van der Waals surface area (Å²) in [7, 11) is 0. The summed E-state index contributed by atoms with van der Waals surface area (Å²) in [6, 6.07) is 0. The van der Waals surface area contributed by atoms with Gasteiger partial charge in [0.2, 0.25) is 5.78 Å². The van der Waals surface area contributed by atoms with Crippen molar-refractivity contribution in [2.24, 2.45) is 5.92 Å². The van der Waals surface area contributed by atoms with Gasteiger partial charge in [-0.05, 0) is 89.9 Å². The molecule has 1 rings (SSSR count). The molecule has 46 heavy (non-hydrogen) atoms. The number of ketones is 2. The van der Waals surface area contributed by atoms with Crippen molar-refractivity contribution in [1.82, 2.24) is 0 Å². The number of rotatable bonds is 32. The van der Waals surface area contributed by atoms with Crippen LogP contribution in [0.25, 0.3) is 0 Å². The number of allylic oxidation sites excluding steroid dienone is 4. The Kier molecular flexibility index (Phi) is 29.3. The van der Waals surface area contributed by atoms with E-state index < -0.39 is 17.7 Å². The highest BCUT2D eigenvalue weighted by Gasteiger charge is 2.33. The quantitative estimate of drug-likeness (QED) is 0.0241. The van der Waals surface area contributed by atoms with Crippen LogP contribution in [0.5, 0.6) is 0 Å². The maximum absolute atomic E-state index is 13.2. The lowest BCUT2D eigenvalue weighted by atomic mass is 9.91. The van der Waals surface area contributed by atoms with Crippen molar-refractivity contribution in [3.63, 3.8) is 0 Å². The van der Waals surface area contributed by atoms with Gasteiger partial charge in [0.1, 0.15) is 12.0 Å². The summed E-state index contributed by atoms with van der Waals surface area (Å²) < 4.78 is 5.79. The number of Topliss-reactive ketones (excluding diaryl/α,β-unsaturated/α-hetero) is 2. The molecule has 1 fully saturated rings. The molecule has 0 saturated heterocycles. The van der Waals surface area contributed by atoms with Crippen LogP contribution in [-0.4, -0.2) is 23.6 Å². The van der Waals surface area contributed by atoms with Gasteiger partial charge in [0.15, 0.2) is 5.78 Å². The zero-order chi connectivity index (χ0) is 33.3. The number of esters is 1. The van der Waals surface area contributed by atoms with Crippen molar-refractivity contribution in [1.29, 1.82) is 0 Å². The summed E-state index contributed by atoms with van der Waals surface area (Å²) >= 11 is 0. The van der Waals surface area contributed by atoms with E-state index in [0.29, 0.717) is 6.42 Å². The van der Waals surface area contributed by atoms with E-state index >= 15 is 0 Å². The molecule has 0 bridgehead atoms. The van der Waals surface area contributed by atoms with Crippen LogP contribution < -0.4 is 0 Å². The van der Waals surface area contributed by atoms with Crippen LogP contribution in [-0.2, 0) is 19.1 Å². The van der Waals surface area contributed by atoms with Gasteiger partial charge in [-0.15, -0.1) is 0 Å². The molecule has 1 aliphatic rings. The molecule has 0 N–H and O–H groups in total. The lowest BCUT2D eigenvalue weighted by Crippen LogP contribution is -2.34. The molecule has 0 aromatic carbocycles. The molecule has 4 heteroatoms. The van der Waals surface area contributed by atoms with Gasteiger partial charge in [0.05, 0.1) is 0 Å². The number of carbonyl (C=O) groups excluding carboxylic acids is 3. The molecule has 0 heterocycles. The van der Waals surface area contributed by atoms with Crippen LogP contribution in [0.3, 0.4) is 0 Å². The van der Waals surface area contributed by atoms with E-state index in [2.05, 4.69) is 38.2 Å². The molecular weight excluding hydrogens is 568 g/mol. The summed E-state index contributed by atoms with van der Waals surface area (Å²) in [5, 5.41) is 0. The van der Waals surface area contributed by atoms with Gasteiger partial charge >= 0.3 is 5.97 Å². The summed E-state index contributed by atoms with van der Waals surface area (Å²) in [5.74, 6) is -2.24. The molecule has 0 spiro atoms. The second-order valence-electron chi connectivity index (χ2n) is 14.0. The molecule has 266 valence electrons. The van der Waals surface area contributed by atoms with Crippen molar-refractivity contribution in [2.75, 3.05) is 0 Å². The highest BCUT2D eigenvalue weighted by Crippen LogP contribution is 2.24. The van der Waals surface area contributed by atoms with E-state index in [9.17, 15) is 14.4 Å². The highest BCUT2D eigenvalue weighted by atomic mass is 16.5. The smallest absolute Gasteiger partial charge is 0.317 e. The van der Waals surface area contributed by atoms with Gasteiger partial charge in [-0.3, -0.25) is 14.4 Å². The molecule has 1 saturated carbocycles. The Morgan fingerprint density at radius 2 is 0.957 bits per heavy atom. The Labute approximate surface area is 285 Å². The van der Waals surface area contributed by atoms with Crippen molar-refractivity contribution in [3.05, 3.63) is 24.3 Å². The van der Waals surface area contributed by atoms with Crippen molar-refractivity contribution in [3.8, 4) is 0 Å². The number of ether oxygens (including phenoxy) is 1. The Hall–Kier alpha value is -1.71. The summed E-state index contributed by atoms with van der Waals surface area (Å²) in [6.45, 7) is 4.52. The number of hydrogen-bond acceptors (Lipinski definition) is 4. The minimum absolute atomic E-state index is 0.0883. The SMILES string of the molecule is CCCCCCCC/C=C\CCCCCCC(=O)C(=O)C(CCCCCC/C=C\CCCCCCCC)C(=O)OC1CCCCC1. The van der Waals surface area contributed by atoms with Gasteiger partial charge in [-0.25, -0.2) is 0 Å². The Morgan fingerprint density at radius 3 is 1.43 bits per heavy atom. The average molecular weight is 643 g/mol. The predicted octanol–water partition coefficient (Wildman–Crippen LogP) is 12.9. The lowest BCUT2D eigenvalue weighted by molar-refractivity contribution is -0.160. The summed E-state index contributed by atoms with van der Waals surface area (Å²) in [4.78, 5) is 39.2. The molecule has 0 amide bonds. The molecule has 0 aromatic heterocycles. The Balaban J connectivity index is 2.29. The van der Waals surface area contributed by atoms with Gasteiger partial charge in [-0.2, -0.15) is 0 Å². The van der Waals surface area contributed by atoms with Crippen molar-refractivity contribution in [2.45, 2.75) is 219 Å². The minimum atomic E-state index is -0.913. The standard InChI is InChI=1S/C42H74O4/c1-3-5-7-9-11-13-15-17-19-21-23-25-27-32-36-39(42(45)46-38-34-30-29-31-35-38)41(44)40(43)37-33-28-26-24-22-20-18-16-14-12-10-8-6-4-2/h17-20,38-39H,3-16,21-37H2,1-2H3/b19-17-,20-18-. The van der Waals surface area contributed by atoms with Gasteiger partial charge in [0, 0.05) is 6.42 Å². The molecular formula is C42H74O4. The Bertz CT molecular complexity index is 791. The van der Waals surface area contributed by atoms with Crippen molar-refractivity contribution >= 4 is 17.5 Å². The third kappa shape index (κ3) is 24.5. The topological polar surface area (TPSA) is 60.4 Å². The van der Waals surface area contributed by atoms with Gasteiger partial charge < -0.3 is 4.74 Å². The fourth-order valence-electron chi connectivity index (χ4n) is 6.52. The van der Waals surface area contributed by atoms with E-state index in [4.69, 9.17) is 4.74 Å². The number of unbranched alkanes of at least 4 members (excludes halogenated alkanes) is 20. The monoisotopic (exact) mass is 643 g/mol. The highest BCUT2D eigenvalue weighted by molar-refractivity contribution is 6.41. The molecule has 1 unspecified atom stereocenters. The van der Waals surface area contributed by atoms with E-state index in [1.54, 1.807) is 0 Å². The van der Waals surface area contributed by atoms with Gasteiger partial charge in [-0.1, -0.05) is 141 Å². The van der Waals surface area contributed by atoms with Gasteiger partial charge in [0.25, 0.3) is 0 Å². The first-order valence-corrected chi connectivity index (χ1v) is 20.2. The first-order chi connectivity index (χ1) is 22.6. The maximum atomic E-state index is 13.2. The summed E-state index contributed by atoms with van der Waals surface area (Å²) in [6.07, 6.45) is 43.4. The van der Waals surface area contributed by atoms with Crippen LogP contribution in [0, 0.1) is 5.92 Å². The molecule has 0 radical (unpaired) electrons. The van der Waals surface area contributed by atoms with Crippen LogP contribution in [0.2, 0.25) is 0 Å². The Morgan fingerprint density at radius 1 is 0.543 bits per heavy atom. The normalized spacial score (nSPS) is 14.7. The van der Waals surface area contributed by atoms with E-state index in [-0.39, 0.29) is 18.3 Å². The fraction of sp³-hybridized carbons (Fsp3) is 0.833. The second-order valence-corrected chi connectivity index (χ2v) is 14.0. The third-order valence-electron chi connectivity index (χ3n) is 9.63. The molecule has 1 atom stereocenters. The first kappa shape index (κ1) is 42.3. The fourth-order valence-corrected chi connectivity index (χ4v) is 6.52. The van der Waals surface area contributed by atoms with E-state index in [1.807, 2.05) is 0 Å². The summed E-state index contributed by atoms with van der Waals surface area (Å²) in [5.41, 5.74) is 0. The molecule has 1 aliphatic carbocycles. The third-order valence-corrected chi connectivity index (χ3v) is 9.63. The van der Waals surface area contributed by atoms with Crippen LogP contribution in [0.15, 0.2) is 24.3 Å². The van der Waals surface area contributed by atoms with Crippen LogP contribution >= 0.6 is 0 Å². The van der Waals surface area contributed by atoms with Crippen molar-refractivity contribution < 1.29 is 19.1 Å². The first-order valence-electron chi connectivity index (χ1n) is 20.2. The molecule has 0 aliphatic heterocycles. The molecule has 0 aromatic rings. The van der Waals surface area contributed by atoms with Crippen LogP contribution in [0.1, 0.15) is 213 Å². The van der Waals surface area contributed by atoms with E-state index in [0.717, 1.165) is 89.9 Å². The zero-order valence-electron chi connectivity index (χ0n) is 30.5. The number of hydrogen-bond donors (Lipinski definition) is 0.